The highest BCUT2D eigenvalue weighted by atomic mass is 32.2. The van der Waals surface area contributed by atoms with Crippen molar-refractivity contribution < 1.29 is 8.42 Å². The Morgan fingerprint density at radius 1 is 1.19 bits per heavy atom. The van der Waals surface area contributed by atoms with E-state index in [4.69, 9.17) is 0 Å². The summed E-state index contributed by atoms with van der Waals surface area (Å²) in [6, 6.07) is 7.09. The van der Waals surface area contributed by atoms with Crippen LogP contribution in [0.2, 0.25) is 0 Å². The largest absolute Gasteiger partial charge is 0.243 e. The van der Waals surface area contributed by atoms with Crippen molar-refractivity contribution in [3.63, 3.8) is 0 Å². The molecule has 0 saturated carbocycles. The molecular weight excluding hydrogens is 282 g/mol. The van der Waals surface area contributed by atoms with Crippen LogP contribution >= 0.6 is 0 Å². The quantitative estimate of drug-likeness (QED) is 0.787. The molecule has 2 aliphatic rings. The van der Waals surface area contributed by atoms with E-state index in [1.165, 1.54) is 5.57 Å². The Labute approximate surface area is 127 Å². The van der Waals surface area contributed by atoms with Gasteiger partial charge in [0.15, 0.2) is 0 Å². The minimum atomic E-state index is -3.39. The van der Waals surface area contributed by atoms with Crippen LogP contribution in [-0.2, 0) is 10.0 Å². The van der Waals surface area contributed by atoms with Crippen LogP contribution in [0.25, 0.3) is 0 Å². The molecule has 0 N–H and O–H groups in total. The van der Waals surface area contributed by atoms with E-state index in [0.29, 0.717) is 18.0 Å². The predicted molar refractivity (Wildman–Crippen MR) is 84.4 cm³/mol. The normalized spacial score (nSPS) is 26.6. The van der Waals surface area contributed by atoms with Crippen molar-refractivity contribution in [1.29, 1.82) is 0 Å². The van der Waals surface area contributed by atoms with E-state index >= 15 is 0 Å². The molecule has 1 aromatic rings. The molecule has 0 spiro atoms. The van der Waals surface area contributed by atoms with E-state index in [2.05, 4.69) is 18.7 Å². The molecule has 3 rings (SSSR count). The van der Waals surface area contributed by atoms with Crippen molar-refractivity contribution in [2.45, 2.75) is 24.7 Å². The second-order valence-electron chi connectivity index (χ2n) is 6.03. The van der Waals surface area contributed by atoms with Gasteiger partial charge in [0, 0.05) is 19.0 Å². The van der Waals surface area contributed by atoms with E-state index in [-0.39, 0.29) is 11.8 Å². The molecule has 0 amide bonds. The first-order valence-electron chi connectivity index (χ1n) is 7.39. The summed E-state index contributed by atoms with van der Waals surface area (Å²) in [5.41, 5.74) is 2.25. The minimum Gasteiger partial charge on any atom is -0.207 e. The first-order chi connectivity index (χ1) is 9.98. The lowest BCUT2D eigenvalue weighted by Crippen LogP contribution is -2.29. The Kier molecular flexibility index (Phi) is 3.76. The fraction of sp³-hybridized carbons (Fsp3) is 0.412. The first-order valence-corrected chi connectivity index (χ1v) is 8.83. The Hall–Kier alpha value is -1.39. The second kappa shape index (κ2) is 5.43. The summed E-state index contributed by atoms with van der Waals surface area (Å²) < 4.78 is 27.1. The number of rotatable bonds is 2. The number of allylic oxidation sites excluding steroid dienone is 1. The highest BCUT2D eigenvalue weighted by molar-refractivity contribution is 7.89. The molecular formula is C17H21NO2S. The highest BCUT2D eigenvalue weighted by Gasteiger charge is 2.39. The van der Waals surface area contributed by atoms with E-state index in [9.17, 15) is 8.42 Å². The number of benzene rings is 1. The van der Waals surface area contributed by atoms with Crippen LogP contribution in [0.1, 0.15) is 18.4 Å². The number of aryl methyl sites for hydroxylation is 1. The van der Waals surface area contributed by atoms with Gasteiger partial charge in [-0.15, -0.1) is 0 Å². The van der Waals surface area contributed by atoms with Crippen molar-refractivity contribution in [2.24, 2.45) is 11.8 Å². The van der Waals surface area contributed by atoms with Crippen molar-refractivity contribution in [3.8, 4) is 0 Å². The van der Waals surface area contributed by atoms with Crippen molar-refractivity contribution in [1.82, 2.24) is 4.31 Å². The fourth-order valence-corrected chi connectivity index (χ4v) is 4.70. The third kappa shape index (κ3) is 2.70. The minimum absolute atomic E-state index is 0.268. The van der Waals surface area contributed by atoms with Crippen molar-refractivity contribution in [2.75, 3.05) is 13.1 Å². The van der Waals surface area contributed by atoms with E-state index < -0.39 is 10.0 Å². The summed E-state index contributed by atoms with van der Waals surface area (Å²) >= 11 is 0. The van der Waals surface area contributed by atoms with Gasteiger partial charge >= 0.3 is 0 Å². The molecule has 1 saturated heterocycles. The lowest BCUT2D eigenvalue weighted by molar-refractivity contribution is 0.465. The zero-order chi connectivity index (χ0) is 15.0. The summed E-state index contributed by atoms with van der Waals surface area (Å²) in [4.78, 5) is 0.388. The maximum atomic E-state index is 12.8. The molecule has 1 aliphatic heterocycles. The fourth-order valence-electron chi connectivity index (χ4n) is 3.20. The average Bonchev–Trinajstić information content (AvgIpc) is 2.82. The topological polar surface area (TPSA) is 37.4 Å². The zero-order valence-corrected chi connectivity index (χ0v) is 13.1. The molecule has 4 heteroatoms. The number of fused-ring (bicyclic) bond motifs is 1. The SMILES string of the molecule is C=C1CCC=C[C@@H]2CN(S(=O)(=O)c3ccc(C)cc3)C[C@H]12. The molecule has 21 heavy (non-hydrogen) atoms. The summed E-state index contributed by atoms with van der Waals surface area (Å²) in [7, 11) is -3.39. The number of nitrogens with zero attached hydrogens (tertiary/aromatic N) is 1. The number of hydrogen-bond donors (Lipinski definition) is 0. The van der Waals surface area contributed by atoms with Gasteiger partial charge in [-0.3, -0.25) is 0 Å². The molecule has 1 fully saturated rings. The number of sulfonamides is 1. The third-order valence-electron chi connectivity index (χ3n) is 4.53. The lowest BCUT2D eigenvalue weighted by Gasteiger charge is -2.17. The van der Waals surface area contributed by atoms with Crippen molar-refractivity contribution in [3.05, 3.63) is 54.1 Å². The molecule has 1 aliphatic carbocycles. The van der Waals surface area contributed by atoms with Gasteiger partial charge in [0.05, 0.1) is 4.90 Å². The Balaban J connectivity index is 1.88. The Bertz CT molecular complexity index is 673. The van der Waals surface area contributed by atoms with Crippen LogP contribution in [-0.4, -0.2) is 25.8 Å². The summed E-state index contributed by atoms with van der Waals surface area (Å²) in [6.45, 7) is 7.24. The molecule has 3 nitrogen and oxygen atoms in total. The molecule has 1 aromatic carbocycles. The Morgan fingerprint density at radius 3 is 2.62 bits per heavy atom. The van der Waals surface area contributed by atoms with Gasteiger partial charge in [0.1, 0.15) is 0 Å². The van der Waals surface area contributed by atoms with E-state index in [1.807, 2.05) is 19.1 Å². The molecule has 1 heterocycles. The van der Waals surface area contributed by atoms with E-state index in [0.717, 1.165) is 18.4 Å². The molecule has 0 radical (unpaired) electrons. The predicted octanol–water partition coefficient (Wildman–Crippen LogP) is 3.14. The van der Waals surface area contributed by atoms with Crippen LogP contribution < -0.4 is 0 Å². The Morgan fingerprint density at radius 2 is 1.90 bits per heavy atom. The van der Waals surface area contributed by atoms with Crippen LogP contribution in [0, 0.1) is 18.8 Å². The average molecular weight is 303 g/mol. The molecule has 0 bridgehead atoms. The lowest BCUT2D eigenvalue weighted by atomic mass is 9.90. The smallest absolute Gasteiger partial charge is 0.207 e. The van der Waals surface area contributed by atoms with Gasteiger partial charge in [-0.2, -0.15) is 4.31 Å². The summed E-state index contributed by atoms with van der Waals surface area (Å²) in [5, 5.41) is 0. The standard InChI is InChI=1S/C17H21NO2S/c1-13-7-9-16(10-8-13)21(19,20)18-11-15-6-4-3-5-14(2)17(15)12-18/h4,6-10,15,17H,2-3,5,11-12H2,1H3/t15-,17-/m1/s1. The van der Waals surface area contributed by atoms with Gasteiger partial charge in [0.25, 0.3) is 0 Å². The summed E-state index contributed by atoms with van der Waals surface area (Å²) in [5.74, 6) is 0.546. The monoisotopic (exact) mass is 303 g/mol. The maximum Gasteiger partial charge on any atom is 0.243 e. The third-order valence-corrected chi connectivity index (χ3v) is 6.38. The molecule has 0 aromatic heterocycles. The van der Waals surface area contributed by atoms with Gasteiger partial charge < -0.3 is 0 Å². The van der Waals surface area contributed by atoms with Gasteiger partial charge in [-0.25, -0.2) is 8.42 Å². The first kappa shape index (κ1) is 14.5. The second-order valence-corrected chi connectivity index (χ2v) is 7.97. The molecule has 2 atom stereocenters. The highest BCUT2D eigenvalue weighted by Crippen LogP contribution is 2.36. The maximum absolute atomic E-state index is 12.8. The summed E-state index contributed by atoms with van der Waals surface area (Å²) in [6.07, 6.45) is 6.33. The van der Waals surface area contributed by atoms with Crippen LogP contribution in [0.5, 0.6) is 0 Å². The molecule has 0 unspecified atom stereocenters. The molecule has 112 valence electrons. The van der Waals surface area contributed by atoms with Gasteiger partial charge in [-0.05, 0) is 37.8 Å². The van der Waals surface area contributed by atoms with Crippen LogP contribution in [0.3, 0.4) is 0 Å². The van der Waals surface area contributed by atoms with Crippen LogP contribution in [0.4, 0.5) is 0 Å². The van der Waals surface area contributed by atoms with Gasteiger partial charge in [-0.1, -0.05) is 42.0 Å². The van der Waals surface area contributed by atoms with E-state index in [1.54, 1.807) is 16.4 Å². The van der Waals surface area contributed by atoms with Crippen molar-refractivity contribution >= 4 is 10.0 Å². The number of hydrogen-bond acceptors (Lipinski definition) is 2. The van der Waals surface area contributed by atoms with Gasteiger partial charge in [0.2, 0.25) is 10.0 Å². The van der Waals surface area contributed by atoms with Crippen LogP contribution in [0.15, 0.2) is 53.5 Å². The zero-order valence-electron chi connectivity index (χ0n) is 12.3.